The number of amides is 3. The number of hydrogen-bond acceptors (Lipinski definition) is 4. The Labute approximate surface area is 204 Å². The van der Waals surface area contributed by atoms with Crippen LogP contribution in [-0.2, 0) is 15.8 Å². The summed E-state index contributed by atoms with van der Waals surface area (Å²) in [6.45, 7) is 0.390. The van der Waals surface area contributed by atoms with E-state index < -0.39 is 23.6 Å². The van der Waals surface area contributed by atoms with Crippen molar-refractivity contribution < 1.29 is 32.3 Å². The molecule has 0 bridgehead atoms. The number of alkyl halides is 3. The minimum absolute atomic E-state index is 0.00206. The predicted molar refractivity (Wildman–Crippen MR) is 128 cm³/mol. The molecule has 186 valence electrons. The Bertz CT molecular complexity index is 1280. The highest BCUT2D eigenvalue weighted by Gasteiger charge is 2.30. The van der Waals surface area contributed by atoms with Gasteiger partial charge in [-0.15, -0.1) is 0 Å². The lowest BCUT2D eigenvalue weighted by molar-refractivity contribution is -0.137. The molecule has 3 aromatic rings. The molecule has 1 saturated heterocycles. The van der Waals surface area contributed by atoms with E-state index in [9.17, 15) is 27.6 Å². The molecule has 1 aliphatic rings. The standard InChI is InChI=1S/C26H22F3N3O4/c27-26(28,29)18-5-2-7-20(15-18)31-25(35)17-4-1-6-19(14-17)30-23(33)16-36-22-11-9-21(10-12-22)32-13-3-8-24(32)34/h1-2,4-7,9-12,14-15H,3,8,13,16H2,(H,30,33)(H,31,35). The van der Waals surface area contributed by atoms with Crippen LogP contribution in [0.3, 0.4) is 0 Å². The lowest BCUT2D eigenvalue weighted by atomic mass is 10.1. The van der Waals surface area contributed by atoms with Gasteiger partial charge in [0.15, 0.2) is 6.61 Å². The van der Waals surface area contributed by atoms with Crippen LogP contribution in [0.15, 0.2) is 72.8 Å². The van der Waals surface area contributed by atoms with E-state index in [0.717, 1.165) is 24.2 Å². The van der Waals surface area contributed by atoms with Gasteiger partial charge in [-0.25, -0.2) is 0 Å². The number of anilines is 3. The van der Waals surface area contributed by atoms with E-state index in [2.05, 4.69) is 10.6 Å². The summed E-state index contributed by atoms with van der Waals surface area (Å²) in [6.07, 6.45) is -3.17. The van der Waals surface area contributed by atoms with Crippen molar-refractivity contribution >= 4 is 34.8 Å². The molecule has 0 atom stereocenters. The molecule has 0 unspecified atom stereocenters. The topological polar surface area (TPSA) is 87.7 Å². The van der Waals surface area contributed by atoms with Gasteiger partial charge in [-0.05, 0) is 67.1 Å². The third-order valence-corrected chi connectivity index (χ3v) is 5.45. The third kappa shape index (κ3) is 6.21. The molecular weight excluding hydrogens is 475 g/mol. The minimum atomic E-state index is -4.53. The van der Waals surface area contributed by atoms with E-state index in [1.807, 2.05) is 0 Å². The Morgan fingerprint density at radius 1 is 0.917 bits per heavy atom. The summed E-state index contributed by atoms with van der Waals surface area (Å²) in [5, 5.41) is 5.04. The highest BCUT2D eigenvalue weighted by molar-refractivity contribution is 6.05. The van der Waals surface area contributed by atoms with E-state index in [4.69, 9.17) is 4.74 Å². The zero-order chi connectivity index (χ0) is 25.7. The van der Waals surface area contributed by atoms with Crippen molar-refractivity contribution in [2.45, 2.75) is 19.0 Å². The van der Waals surface area contributed by atoms with Gasteiger partial charge >= 0.3 is 6.18 Å². The molecule has 0 spiro atoms. The van der Waals surface area contributed by atoms with Gasteiger partial charge < -0.3 is 20.3 Å². The van der Waals surface area contributed by atoms with Crippen LogP contribution < -0.4 is 20.3 Å². The van der Waals surface area contributed by atoms with Crippen molar-refractivity contribution in [2.24, 2.45) is 0 Å². The summed E-state index contributed by atoms with van der Waals surface area (Å²) in [5.74, 6) is -0.564. The predicted octanol–water partition coefficient (Wildman–Crippen LogP) is 5.10. The summed E-state index contributed by atoms with van der Waals surface area (Å²) in [6, 6.07) is 17.2. The maximum atomic E-state index is 12.9. The lowest BCUT2D eigenvalue weighted by Gasteiger charge is -2.16. The fraction of sp³-hybridized carbons (Fsp3) is 0.192. The first-order chi connectivity index (χ1) is 17.2. The fourth-order valence-corrected chi connectivity index (χ4v) is 3.70. The van der Waals surface area contributed by atoms with Crippen LogP contribution in [0.5, 0.6) is 5.75 Å². The van der Waals surface area contributed by atoms with Crippen LogP contribution in [0, 0.1) is 0 Å². The number of ether oxygens (including phenoxy) is 1. The van der Waals surface area contributed by atoms with Gasteiger partial charge in [-0.2, -0.15) is 13.2 Å². The smallest absolute Gasteiger partial charge is 0.416 e. The molecule has 1 aliphatic heterocycles. The van der Waals surface area contributed by atoms with Crippen LogP contribution in [0.2, 0.25) is 0 Å². The molecule has 3 aromatic carbocycles. The Kier molecular flexibility index (Phi) is 7.23. The molecule has 2 N–H and O–H groups in total. The molecule has 0 aliphatic carbocycles. The molecule has 36 heavy (non-hydrogen) atoms. The van der Waals surface area contributed by atoms with Crippen LogP contribution in [0.4, 0.5) is 30.2 Å². The number of nitrogens with zero attached hydrogens (tertiary/aromatic N) is 1. The molecule has 1 heterocycles. The van der Waals surface area contributed by atoms with E-state index in [-0.39, 0.29) is 23.8 Å². The minimum Gasteiger partial charge on any atom is -0.484 e. The quantitative estimate of drug-likeness (QED) is 0.475. The molecule has 0 aromatic heterocycles. The van der Waals surface area contributed by atoms with E-state index in [1.54, 1.807) is 35.2 Å². The maximum Gasteiger partial charge on any atom is 0.416 e. The second-order valence-electron chi connectivity index (χ2n) is 8.09. The summed E-state index contributed by atoms with van der Waals surface area (Å²) >= 11 is 0. The zero-order valence-electron chi connectivity index (χ0n) is 19.0. The van der Waals surface area contributed by atoms with Gasteiger partial charge in [0.2, 0.25) is 5.91 Å². The number of rotatable bonds is 7. The highest BCUT2D eigenvalue weighted by Crippen LogP contribution is 2.31. The third-order valence-electron chi connectivity index (χ3n) is 5.45. The maximum absolute atomic E-state index is 12.9. The SMILES string of the molecule is O=C(COc1ccc(N2CCCC2=O)cc1)Nc1cccc(C(=O)Nc2cccc(C(F)(F)F)c2)c1. The second kappa shape index (κ2) is 10.5. The van der Waals surface area contributed by atoms with Crippen molar-refractivity contribution in [3.8, 4) is 5.75 Å². The van der Waals surface area contributed by atoms with Crippen LogP contribution >= 0.6 is 0 Å². The number of hydrogen-bond donors (Lipinski definition) is 2. The monoisotopic (exact) mass is 497 g/mol. The molecule has 0 radical (unpaired) electrons. The first-order valence-corrected chi connectivity index (χ1v) is 11.1. The largest absolute Gasteiger partial charge is 0.484 e. The van der Waals surface area contributed by atoms with Gasteiger partial charge in [0.25, 0.3) is 11.8 Å². The summed E-state index contributed by atoms with van der Waals surface area (Å²) in [4.78, 5) is 38.4. The van der Waals surface area contributed by atoms with Gasteiger partial charge in [0.1, 0.15) is 5.75 Å². The van der Waals surface area contributed by atoms with Crippen LogP contribution in [-0.4, -0.2) is 30.9 Å². The fourth-order valence-electron chi connectivity index (χ4n) is 3.70. The summed E-state index contributed by atoms with van der Waals surface area (Å²) in [5.41, 5.74) is 0.370. The van der Waals surface area contributed by atoms with Gasteiger partial charge in [-0.3, -0.25) is 14.4 Å². The van der Waals surface area contributed by atoms with E-state index in [1.165, 1.54) is 30.3 Å². The van der Waals surface area contributed by atoms with Gasteiger partial charge in [0, 0.05) is 35.6 Å². The van der Waals surface area contributed by atoms with E-state index >= 15 is 0 Å². The normalized spacial score (nSPS) is 13.4. The van der Waals surface area contributed by atoms with Crippen molar-refractivity contribution in [2.75, 3.05) is 28.7 Å². The number of nitrogens with one attached hydrogen (secondary N) is 2. The van der Waals surface area contributed by atoms with Crippen molar-refractivity contribution in [3.63, 3.8) is 0 Å². The number of carbonyl (C=O) groups excluding carboxylic acids is 3. The van der Waals surface area contributed by atoms with Gasteiger partial charge in [-0.1, -0.05) is 12.1 Å². The number of carbonyl (C=O) groups is 3. The Morgan fingerprint density at radius 2 is 1.61 bits per heavy atom. The average Bonchev–Trinajstić information content (AvgIpc) is 3.28. The van der Waals surface area contributed by atoms with E-state index in [0.29, 0.717) is 24.4 Å². The molecular formula is C26H22F3N3O4. The molecule has 4 rings (SSSR count). The molecule has 0 saturated carbocycles. The molecule has 10 heteroatoms. The van der Waals surface area contributed by atoms with Crippen LogP contribution in [0.25, 0.3) is 0 Å². The number of benzene rings is 3. The first kappa shape index (κ1) is 24.8. The van der Waals surface area contributed by atoms with Gasteiger partial charge in [0.05, 0.1) is 5.56 Å². The molecule has 1 fully saturated rings. The average molecular weight is 497 g/mol. The molecule has 7 nitrogen and oxygen atoms in total. The Morgan fingerprint density at radius 3 is 2.28 bits per heavy atom. The Hall–Kier alpha value is -4.34. The summed E-state index contributed by atoms with van der Waals surface area (Å²) < 4.78 is 44.2. The van der Waals surface area contributed by atoms with Crippen molar-refractivity contribution in [1.82, 2.24) is 0 Å². The Balaban J connectivity index is 1.31. The number of halogens is 3. The second-order valence-corrected chi connectivity index (χ2v) is 8.09. The van der Waals surface area contributed by atoms with Crippen molar-refractivity contribution in [3.05, 3.63) is 83.9 Å². The summed E-state index contributed by atoms with van der Waals surface area (Å²) in [7, 11) is 0. The zero-order valence-corrected chi connectivity index (χ0v) is 19.0. The van der Waals surface area contributed by atoms with Crippen LogP contribution in [0.1, 0.15) is 28.8 Å². The lowest BCUT2D eigenvalue weighted by Crippen LogP contribution is -2.23. The van der Waals surface area contributed by atoms with Crippen molar-refractivity contribution in [1.29, 1.82) is 0 Å². The molecule has 3 amide bonds. The highest BCUT2D eigenvalue weighted by atomic mass is 19.4. The first-order valence-electron chi connectivity index (χ1n) is 11.1.